The molecule has 0 unspecified atom stereocenters. The van der Waals surface area contributed by atoms with Crippen molar-refractivity contribution in [2.45, 2.75) is 6.92 Å². The van der Waals surface area contributed by atoms with Gasteiger partial charge in [0.25, 0.3) is 5.91 Å². The van der Waals surface area contributed by atoms with Gasteiger partial charge in [-0.3, -0.25) is 9.36 Å². The molecular weight excluding hydrogens is 366 g/mol. The molecular formula is C18H18ClN7O. The van der Waals surface area contributed by atoms with Crippen LogP contribution in [0.1, 0.15) is 16.2 Å². The average Bonchev–Trinajstić information content (AvgIpc) is 3.14. The van der Waals surface area contributed by atoms with Crippen LogP contribution in [-0.2, 0) is 0 Å². The Hall–Kier alpha value is -3.00. The number of halogens is 1. The van der Waals surface area contributed by atoms with Crippen molar-refractivity contribution < 1.29 is 4.79 Å². The van der Waals surface area contributed by atoms with Crippen LogP contribution in [0, 0.1) is 6.92 Å². The normalized spacial score (nSPS) is 14.4. The fourth-order valence-electron chi connectivity index (χ4n) is 3.06. The highest BCUT2D eigenvalue weighted by atomic mass is 35.5. The van der Waals surface area contributed by atoms with Gasteiger partial charge in [0.1, 0.15) is 11.0 Å². The highest BCUT2D eigenvalue weighted by Crippen LogP contribution is 2.16. The predicted octanol–water partition coefficient (Wildman–Crippen LogP) is 1.98. The Morgan fingerprint density at radius 2 is 1.74 bits per heavy atom. The van der Waals surface area contributed by atoms with Crippen LogP contribution in [0.4, 0.5) is 5.82 Å². The lowest BCUT2D eigenvalue weighted by atomic mass is 10.2. The lowest BCUT2D eigenvalue weighted by molar-refractivity contribution is 0.0746. The summed E-state index contributed by atoms with van der Waals surface area (Å²) in [6, 6.07) is 7.20. The van der Waals surface area contributed by atoms with Gasteiger partial charge in [-0.25, -0.2) is 9.97 Å². The van der Waals surface area contributed by atoms with E-state index in [0.29, 0.717) is 36.9 Å². The van der Waals surface area contributed by atoms with Crippen LogP contribution in [-0.4, -0.2) is 61.7 Å². The van der Waals surface area contributed by atoms with Gasteiger partial charge in [-0.05, 0) is 31.2 Å². The van der Waals surface area contributed by atoms with Gasteiger partial charge in [-0.1, -0.05) is 11.6 Å². The lowest BCUT2D eigenvalue weighted by Crippen LogP contribution is -2.49. The van der Waals surface area contributed by atoms with E-state index in [-0.39, 0.29) is 5.91 Å². The first-order valence-corrected chi connectivity index (χ1v) is 8.99. The number of aryl methyl sites for hydroxylation is 1. The molecule has 3 aromatic heterocycles. The fourth-order valence-corrected chi connectivity index (χ4v) is 3.17. The summed E-state index contributed by atoms with van der Waals surface area (Å²) < 4.78 is 1.88. The Balaban J connectivity index is 1.39. The molecule has 138 valence electrons. The Morgan fingerprint density at radius 3 is 2.33 bits per heavy atom. The van der Waals surface area contributed by atoms with Gasteiger partial charge in [0.15, 0.2) is 11.6 Å². The first-order chi connectivity index (χ1) is 13.1. The monoisotopic (exact) mass is 383 g/mol. The van der Waals surface area contributed by atoms with Crippen molar-refractivity contribution >= 4 is 23.3 Å². The number of amides is 1. The zero-order valence-electron chi connectivity index (χ0n) is 14.8. The van der Waals surface area contributed by atoms with Gasteiger partial charge < -0.3 is 9.80 Å². The number of carbonyl (C=O) groups excluding carboxylic acids is 1. The molecule has 4 rings (SSSR count). The Bertz CT molecular complexity index is 931. The zero-order valence-corrected chi connectivity index (χ0v) is 15.5. The number of pyridine rings is 1. The summed E-state index contributed by atoms with van der Waals surface area (Å²) in [6.45, 7) is 4.55. The maximum Gasteiger partial charge on any atom is 0.255 e. The quantitative estimate of drug-likeness (QED) is 0.643. The first-order valence-electron chi connectivity index (χ1n) is 8.61. The first kappa shape index (κ1) is 17.4. The third kappa shape index (κ3) is 3.61. The molecule has 3 aromatic rings. The van der Waals surface area contributed by atoms with Crippen LogP contribution in [0.2, 0.25) is 5.15 Å². The summed E-state index contributed by atoms with van der Waals surface area (Å²) in [6.07, 6.45) is 5.10. The number of hydrogen-bond donors (Lipinski definition) is 0. The van der Waals surface area contributed by atoms with E-state index in [2.05, 4.69) is 25.1 Å². The molecule has 0 spiro atoms. The second-order valence-electron chi connectivity index (χ2n) is 6.24. The molecule has 0 atom stereocenters. The number of imidazole rings is 1. The van der Waals surface area contributed by atoms with E-state index in [1.807, 2.05) is 34.7 Å². The van der Waals surface area contributed by atoms with Crippen molar-refractivity contribution in [1.29, 1.82) is 0 Å². The smallest absolute Gasteiger partial charge is 0.255 e. The van der Waals surface area contributed by atoms with Crippen LogP contribution in [0.5, 0.6) is 0 Å². The number of anilines is 1. The molecule has 0 saturated carbocycles. The molecule has 1 aliphatic rings. The van der Waals surface area contributed by atoms with E-state index in [1.54, 1.807) is 18.3 Å². The van der Waals surface area contributed by atoms with Gasteiger partial charge in [-0.2, -0.15) is 0 Å². The molecule has 8 nitrogen and oxygen atoms in total. The molecule has 27 heavy (non-hydrogen) atoms. The third-order valence-corrected chi connectivity index (χ3v) is 4.80. The van der Waals surface area contributed by atoms with Gasteiger partial charge in [0.2, 0.25) is 0 Å². The molecule has 1 aliphatic heterocycles. The topological polar surface area (TPSA) is 80.0 Å². The van der Waals surface area contributed by atoms with Crippen molar-refractivity contribution in [2.75, 3.05) is 31.1 Å². The van der Waals surface area contributed by atoms with E-state index in [9.17, 15) is 4.79 Å². The maximum absolute atomic E-state index is 12.5. The van der Waals surface area contributed by atoms with Crippen molar-refractivity contribution in [3.63, 3.8) is 0 Å². The second-order valence-corrected chi connectivity index (χ2v) is 6.63. The minimum atomic E-state index is -0.0316. The van der Waals surface area contributed by atoms with Gasteiger partial charge in [0, 0.05) is 44.8 Å². The maximum atomic E-state index is 12.5. The van der Waals surface area contributed by atoms with Crippen molar-refractivity contribution in [3.8, 4) is 5.82 Å². The van der Waals surface area contributed by atoms with Gasteiger partial charge >= 0.3 is 0 Å². The summed E-state index contributed by atoms with van der Waals surface area (Å²) in [4.78, 5) is 24.7. The molecule has 0 N–H and O–H groups in total. The van der Waals surface area contributed by atoms with Crippen molar-refractivity contribution in [2.24, 2.45) is 0 Å². The molecule has 0 aliphatic carbocycles. The standard InChI is InChI=1S/C18H18ClN7O/c1-13-20-6-7-26(13)17-5-4-16(22-23-17)24-8-10-25(11-9-24)18(27)14-2-3-15(19)21-12-14/h2-7,12H,8-11H2,1H3. The summed E-state index contributed by atoms with van der Waals surface area (Å²) in [7, 11) is 0. The molecule has 0 radical (unpaired) electrons. The van der Waals surface area contributed by atoms with Gasteiger partial charge in [-0.15, -0.1) is 10.2 Å². The minimum Gasteiger partial charge on any atom is -0.352 e. The minimum absolute atomic E-state index is 0.0316. The highest BCUT2D eigenvalue weighted by Gasteiger charge is 2.23. The molecule has 1 saturated heterocycles. The van der Waals surface area contributed by atoms with E-state index in [1.165, 1.54) is 6.20 Å². The van der Waals surface area contributed by atoms with Crippen LogP contribution < -0.4 is 4.90 Å². The van der Waals surface area contributed by atoms with E-state index < -0.39 is 0 Å². The molecule has 1 amide bonds. The summed E-state index contributed by atoms with van der Waals surface area (Å²) >= 11 is 5.78. The van der Waals surface area contributed by atoms with E-state index in [4.69, 9.17) is 11.6 Å². The summed E-state index contributed by atoms with van der Waals surface area (Å²) in [5.41, 5.74) is 0.549. The number of aromatic nitrogens is 5. The van der Waals surface area contributed by atoms with Gasteiger partial charge in [0.05, 0.1) is 5.56 Å². The number of nitrogens with zero attached hydrogens (tertiary/aromatic N) is 7. The summed E-state index contributed by atoms with van der Waals surface area (Å²) in [5.74, 6) is 2.37. The molecule has 0 bridgehead atoms. The van der Waals surface area contributed by atoms with Crippen molar-refractivity contribution in [3.05, 3.63) is 59.4 Å². The largest absolute Gasteiger partial charge is 0.352 e. The second kappa shape index (κ2) is 7.32. The van der Waals surface area contributed by atoms with Crippen molar-refractivity contribution in [1.82, 2.24) is 29.6 Å². The number of hydrogen-bond acceptors (Lipinski definition) is 6. The predicted molar refractivity (Wildman–Crippen MR) is 101 cm³/mol. The zero-order chi connectivity index (χ0) is 18.8. The fraction of sp³-hybridized carbons (Fsp3) is 0.278. The molecule has 4 heterocycles. The average molecular weight is 384 g/mol. The van der Waals surface area contributed by atoms with Crippen LogP contribution in [0.15, 0.2) is 42.9 Å². The van der Waals surface area contributed by atoms with Crippen LogP contribution >= 0.6 is 11.6 Å². The Labute approximate surface area is 161 Å². The van der Waals surface area contributed by atoms with E-state index in [0.717, 1.165) is 17.5 Å². The highest BCUT2D eigenvalue weighted by molar-refractivity contribution is 6.29. The summed E-state index contributed by atoms with van der Waals surface area (Å²) in [5, 5.41) is 9.01. The Morgan fingerprint density at radius 1 is 1.00 bits per heavy atom. The molecule has 9 heteroatoms. The number of rotatable bonds is 3. The Kier molecular flexibility index (Phi) is 4.72. The van der Waals surface area contributed by atoms with Crippen LogP contribution in [0.3, 0.4) is 0 Å². The van der Waals surface area contributed by atoms with Crippen LogP contribution in [0.25, 0.3) is 5.82 Å². The number of piperazine rings is 1. The SMILES string of the molecule is Cc1nccn1-c1ccc(N2CCN(C(=O)c3ccc(Cl)nc3)CC2)nn1. The third-order valence-electron chi connectivity index (χ3n) is 4.57. The number of carbonyl (C=O) groups is 1. The molecule has 0 aromatic carbocycles. The van der Waals surface area contributed by atoms with E-state index >= 15 is 0 Å². The lowest BCUT2D eigenvalue weighted by Gasteiger charge is -2.35. The molecule has 1 fully saturated rings.